The van der Waals surface area contributed by atoms with Crippen LogP contribution >= 0.6 is 101 Å². The van der Waals surface area contributed by atoms with Crippen LogP contribution in [-0.2, 0) is 53.7 Å². The molecule has 79 heavy (non-hydrogen) atoms. The number of nitrogens with one attached hydrogen (secondary N) is 4. The van der Waals surface area contributed by atoms with Crippen LogP contribution in [0.25, 0.3) is 0 Å². The minimum atomic E-state index is -0.535. The minimum Gasteiger partial charge on any atom is -0.488 e. The summed E-state index contributed by atoms with van der Waals surface area (Å²) in [5.41, 5.74) is 50.8. The maximum atomic E-state index is 12.2. The van der Waals surface area contributed by atoms with E-state index in [1.807, 2.05) is 33.7 Å². The molecule has 2 aromatic carbocycles. The van der Waals surface area contributed by atoms with Gasteiger partial charge in [-0.1, -0.05) is 47.3 Å². The molecule has 0 aliphatic carbocycles. The van der Waals surface area contributed by atoms with Crippen molar-refractivity contribution in [3.63, 3.8) is 0 Å². The van der Waals surface area contributed by atoms with E-state index in [1.165, 1.54) is 11.1 Å². The number of unbranched alkanes of at least 4 members (excludes halogenated alkanes) is 4. The van der Waals surface area contributed by atoms with E-state index >= 15 is 0 Å². The normalized spacial score (nSPS) is 12.3. The Morgan fingerprint density at radius 1 is 0.519 bits per heavy atom. The Bertz CT molecular complexity index is 1640. The van der Waals surface area contributed by atoms with Crippen molar-refractivity contribution in [3.05, 3.63) is 46.5 Å². The van der Waals surface area contributed by atoms with E-state index in [2.05, 4.69) is 74.1 Å². The third-order valence-corrected chi connectivity index (χ3v) is 14.2. The SMILES string of the molecule is N.NCCCC[C@H](N)CNCCOc1cc(CS)c(CS)cc1OCCNC(=O)[C@@H](N)CCCCN.NCCCC[C@H](N)CNCCOc1cc2c(cc1OCCNC(=O)[C@@H](N)CCCCN)CSSC2.O.S.S.S.S.[B][B].[W]. The molecule has 3 rings (SSSR count). The molecule has 1 aliphatic heterocycles. The van der Waals surface area contributed by atoms with Crippen molar-refractivity contribution in [2.75, 3.05) is 91.9 Å². The topological polar surface area (TPSA) is 394 Å². The maximum absolute atomic E-state index is 12.2. The predicted octanol–water partition coefficient (Wildman–Crippen LogP) is 1.40. The van der Waals surface area contributed by atoms with Crippen molar-refractivity contribution in [1.29, 1.82) is 0 Å². The number of thiol groups is 2. The van der Waals surface area contributed by atoms with Crippen LogP contribution in [0.1, 0.15) is 99.3 Å². The number of hydrogen-bond acceptors (Lipinski definition) is 21. The summed E-state index contributed by atoms with van der Waals surface area (Å²) >= 11 is 8.84. The molecule has 4 radical (unpaired) electrons. The number of amides is 2. The van der Waals surface area contributed by atoms with E-state index in [9.17, 15) is 9.59 Å². The van der Waals surface area contributed by atoms with Crippen LogP contribution in [0, 0.1) is 0 Å². The number of rotatable bonds is 40. The molecule has 0 saturated carbocycles. The molecule has 1 heterocycles. The van der Waals surface area contributed by atoms with Crippen molar-refractivity contribution in [3.8, 4) is 23.0 Å². The number of carbonyl (C=O) groups is 2. The molecule has 25 N–H and O–H groups in total. The van der Waals surface area contributed by atoms with Crippen molar-refractivity contribution >= 4 is 128 Å². The first-order valence-electron chi connectivity index (χ1n) is 25.4. The second-order valence-corrected chi connectivity index (χ2v) is 20.3. The summed E-state index contributed by atoms with van der Waals surface area (Å²) < 4.78 is 24.1. The number of nitrogens with two attached hydrogens (primary N) is 8. The van der Waals surface area contributed by atoms with Crippen molar-refractivity contribution in [2.24, 2.45) is 45.9 Å². The van der Waals surface area contributed by atoms with Gasteiger partial charge < -0.3 is 97.7 Å². The molecule has 0 fully saturated rings. The van der Waals surface area contributed by atoms with Crippen LogP contribution in [0.2, 0.25) is 0 Å². The van der Waals surface area contributed by atoms with Gasteiger partial charge in [-0.2, -0.15) is 79.2 Å². The fourth-order valence-corrected chi connectivity index (χ4v) is 9.88. The summed E-state index contributed by atoms with van der Waals surface area (Å²) in [7, 11) is 11.7. The molecular weight excluding hydrogens is 1330 g/mol. The Balaban J connectivity index is -0.000000234. The van der Waals surface area contributed by atoms with Gasteiger partial charge in [-0.3, -0.25) is 9.59 Å². The maximum Gasteiger partial charge on any atom is 0.237 e. The molecule has 0 aromatic heterocycles. The Labute approximate surface area is 537 Å². The van der Waals surface area contributed by atoms with Crippen molar-refractivity contribution in [1.82, 2.24) is 27.4 Å². The molecule has 20 nitrogen and oxygen atoms in total. The Morgan fingerprint density at radius 3 is 1.11 bits per heavy atom. The van der Waals surface area contributed by atoms with Gasteiger partial charge >= 0.3 is 0 Å². The summed E-state index contributed by atoms with van der Waals surface area (Å²) in [6.45, 7) is 7.81. The Kier molecular flexibility index (Phi) is 72.8. The molecule has 31 heteroatoms. The van der Waals surface area contributed by atoms with Crippen LogP contribution in [0.5, 0.6) is 23.0 Å². The molecule has 4 atom stereocenters. The van der Waals surface area contributed by atoms with E-state index < -0.39 is 12.1 Å². The van der Waals surface area contributed by atoms with Crippen LogP contribution in [0.3, 0.4) is 0 Å². The van der Waals surface area contributed by atoms with E-state index in [0.717, 1.165) is 106 Å². The van der Waals surface area contributed by atoms with E-state index in [-0.39, 0.29) is 111 Å². The van der Waals surface area contributed by atoms with Crippen molar-refractivity contribution < 1.29 is 55.1 Å². The molecule has 2 aromatic rings. The first-order valence-corrected chi connectivity index (χ1v) is 29.2. The monoisotopic (exact) mass is 1440 g/mol. The van der Waals surface area contributed by atoms with Crippen LogP contribution in [0.15, 0.2) is 24.3 Å². The molecular formula is C48H103B2N13O7S8W. The summed E-state index contributed by atoms with van der Waals surface area (Å²) in [6.07, 6.45) is 10.7. The molecule has 0 spiro atoms. The zero-order valence-electron chi connectivity index (χ0n) is 46.4. The first-order chi connectivity index (χ1) is 35.0. The Hall–Kier alpha value is -0.282. The second kappa shape index (κ2) is 62.3. The van der Waals surface area contributed by atoms with Gasteiger partial charge in [-0.25, -0.2) is 0 Å². The van der Waals surface area contributed by atoms with Gasteiger partial charge in [0.1, 0.15) is 26.4 Å². The van der Waals surface area contributed by atoms with E-state index in [0.29, 0.717) is 120 Å². The summed E-state index contributed by atoms with van der Waals surface area (Å²) in [6, 6.07) is 7.21. The third-order valence-electron chi connectivity index (χ3n) is 11.3. The number of benzene rings is 2. The van der Waals surface area contributed by atoms with Gasteiger partial charge in [-0.05, 0) is 124 Å². The van der Waals surface area contributed by atoms with Crippen LogP contribution in [0.4, 0.5) is 0 Å². The Morgan fingerprint density at radius 2 is 0.810 bits per heavy atom. The van der Waals surface area contributed by atoms with E-state index in [4.69, 9.17) is 64.8 Å². The zero-order valence-corrected chi connectivity index (χ0v) is 56.7. The molecule has 1 aliphatic rings. The standard InChI is InChI=1S/C24H44N6O3S2.C24H46N6O3S2.B2.H3N.H2O.4H2S.W/c25-7-3-1-5-20(27)15-29-9-11-32-22-13-18-16-34-35-17-19(18)14-23(22)33-12-10-30-24(31)21(28)6-2-4-8-26;25-7-3-1-5-20(27)15-29-9-11-32-22-13-18(16-34)19(17-35)14-23(22)33-12-10-30-24(31)21(28)6-2-4-8-26;1-2;;;;;;;/h13-14,20-21,29H,1-12,15-17,25-28H2,(H,30,31);13-14,20-21,29,34-35H,1-12,15-17,25-28H2,(H,30,31);;1H3;5*1H2;/t2*20-,21-;;;;;;;;/m00......../s1. The van der Waals surface area contributed by atoms with Gasteiger partial charge in [0.15, 0.2) is 23.0 Å². The first kappa shape index (κ1) is 92.4. The van der Waals surface area contributed by atoms with Gasteiger partial charge in [0.25, 0.3) is 0 Å². The number of carbonyl (C=O) groups excluding carboxylic acids is 2. The number of ether oxygens (including phenoxy) is 4. The van der Waals surface area contributed by atoms with E-state index in [1.54, 1.807) is 0 Å². The van der Waals surface area contributed by atoms with Gasteiger partial charge in [0, 0.05) is 97.8 Å². The van der Waals surface area contributed by atoms with Crippen LogP contribution in [-0.4, -0.2) is 149 Å². The predicted molar refractivity (Wildman–Crippen MR) is 360 cm³/mol. The molecule has 0 unspecified atom stereocenters. The molecule has 462 valence electrons. The zero-order chi connectivity index (χ0) is 53.2. The molecule has 0 bridgehead atoms. The largest absolute Gasteiger partial charge is 0.488 e. The summed E-state index contributed by atoms with van der Waals surface area (Å²) in [4.78, 5) is 24.3. The average Bonchev–Trinajstić information content (AvgIpc) is 3.39. The fraction of sp³-hybridized carbons (Fsp3) is 0.708. The van der Waals surface area contributed by atoms with Crippen molar-refractivity contribution in [2.45, 2.75) is 124 Å². The summed E-state index contributed by atoms with van der Waals surface area (Å²) in [5, 5.41) is 12.4. The quantitative estimate of drug-likeness (QED) is 0.0194. The number of fused-ring (bicyclic) bond motifs is 1. The number of hydrogen-bond donors (Lipinski definition) is 15. The molecule has 2 amide bonds. The average molecular weight is 1440 g/mol. The second-order valence-electron chi connectivity index (χ2n) is 17.2. The summed E-state index contributed by atoms with van der Waals surface area (Å²) in [5.74, 6) is 5.36. The third kappa shape index (κ3) is 43.9. The molecule has 0 saturated heterocycles. The minimum absolute atomic E-state index is 0. The van der Waals surface area contributed by atoms with Gasteiger partial charge in [0.2, 0.25) is 11.8 Å². The van der Waals surface area contributed by atoms with Gasteiger partial charge in [0.05, 0.1) is 25.2 Å². The van der Waals surface area contributed by atoms with Gasteiger partial charge in [-0.15, -0.1) is 0 Å². The fourth-order valence-electron chi connectivity index (χ4n) is 7.07. The smallest absolute Gasteiger partial charge is 0.237 e. The van der Waals surface area contributed by atoms with Crippen LogP contribution < -0.4 is 92.2 Å².